The van der Waals surface area contributed by atoms with Crippen LogP contribution in [0.5, 0.6) is 5.75 Å². The SMILES string of the molecule is CCCc1cc(OC(C)=O)cc(C(C)C)c1. The van der Waals surface area contributed by atoms with Crippen LogP contribution < -0.4 is 4.74 Å². The van der Waals surface area contributed by atoms with Gasteiger partial charge in [0.15, 0.2) is 0 Å². The first kappa shape index (κ1) is 12.8. The Morgan fingerprint density at radius 1 is 1.31 bits per heavy atom. The predicted octanol–water partition coefficient (Wildman–Crippen LogP) is 3.69. The topological polar surface area (TPSA) is 26.3 Å². The molecule has 1 aromatic carbocycles. The number of ether oxygens (including phenoxy) is 1. The molecule has 16 heavy (non-hydrogen) atoms. The zero-order valence-corrected chi connectivity index (χ0v) is 10.5. The van der Waals surface area contributed by atoms with Crippen molar-refractivity contribution in [2.75, 3.05) is 0 Å². The van der Waals surface area contributed by atoms with Crippen molar-refractivity contribution < 1.29 is 9.53 Å². The standard InChI is InChI=1S/C14H20O2/c1-5-6-12-7-13(10(2)3)9-14(8-12)16-11(4)15/h7-10H,5-6H2,1-4H3. The van der Waals surface area contributed by atoms with E-state index in [2.05, 4.69) is 26.8 Å². The van der Waals surface area contributed by atoms with Gasteiger partial charge in [0.1, 0.15) is 5.75 Å². The number of carbonyl (C=O) groups excluding carboxylic acids is 1. The second-order valence-electron chi connectivity index (χ2n) is 4.41. The third kappa shape index (κ3) is 3.69. The summed E-state index contributed by atoms with van der Waals surface area (Å²) in [5.74, 6) is 0.858. The smallest absolute Gasteiger partial charge is 0.308 e. The van der Waals surface area contributed by atoms with Crippen molar-refractivity contribution >= 4 is 5.97 Å². The first-order chi connectivity index (χ1) is 7.52. The van der Waals surface area contributed by atoms with E-state index >= 15 is 0 Å². The second kappa shape index (κ2) is 5.69. The molecule has 0 aromatic heterocycles. The Hall–Kier alpha value is -1.31. The summed E-state index contributed by atoms with van der Waals surface area (Å²) in [5, 5.41) is 0. The first-order valence-corrected chi connectivity index (χ1v) is 5.85. The molecule has 0 saturated heterocycles. The largest absolute Gasteiger partial charge is 0.427 e. The summed E-state index contributed by atoms with van der Waals surface area (Å²) in [6, 6.07) is 6.10. The molecule has 0 spiro atoms. The van der Waals surface area contributed by atoms with Crippen molar-refractivity contribution in [3.63, 3.8) is 0 Å². The fourth-order valence-electron chi connectivity index (χ4n) is 1.68. The van der Waals surface area contributed by atoms with E-state index in [1.807, 2.05) is 12.1 Å². The lowest BCUT2D eigenvalue weighted by Gasteiger charge is -2.11. The highest BCUT2D eigenvalue weighted by molar-refractivity contribution is 5.69. The Morgan fingerprint density at radius 3 is 2.50 bits per heavy atom. The summed E-state index contributed by atoms with van der Waals surface area (Å²) < 4.78 is 5.15. The Labute approximate surface area is 97.6 Å². The maximum atomic E-state index is 10.9. The lowest BCUT2D eigenvalue weighted by molar-refractivity contribution is -0.131. The second-order valence-corrected chi connectivity index (χ2v) is 4.41. The van der Waals surface area contributed by atoms with E-state index in [9.17, 15) is 4.79 Å². The van der Waals surface area contributed by atoms with Gasteiger partial charge in [0.05, 0.1) is 0 Å². The molecular formula is C14H20O2. The molecule has 0 unspecified atom stereocenters. The zero-order valence-electron chi connectivity index (χ0n) is 10.5. The number of aryl methyl sites for hydroxylation is 1. The van der Waals surface area contributed by atoms with E-state index in [0.29, 0.717) is 11.7 Å². The fraction of sp³-hybridized carbons (Fsp3) is 0.500. The molecule has 1 rings (SSSR count). The van der Waals surface area contributed by atoms with Crippen LogP contribution in [-0.4, -0.2) is 5.97 Å². The Kier molecular flexibility index (Phi) is 4.53. The molecule has 2 heteroatoms. The molecule has 1 aromatic rings. The lowest BCUT2D eigenvalue weighted by atomic mass is 9.98. The number of esters is 1. The maximum Gasteiger partial charge on any atom is 0.308 e. The number of carbonyl (C=O) groups is 1. The molecule has 0 saturated carbocycles. The number of benzene rings is 1. The van der Waals surface area contributed by atoms with Gasteiger partial charge in [-0.3, -0.25) is 4.79 Å². The van der Waals surface area contributed by atoms with Gasteiger partial charge in [0.2, 0.25) is 0 Å². The maximum absolute atomic E-state index is 10.9. The molecule has 0 amide bonds. The summed E-state index contributed by atoms with van der Waals surface area (Å²) >= 11 is 0. The molecular weight excluding hydrogens is 200 g/mol. The number of rotatable bonds is 4. The van der Waals surface area contributed by atoms with Crippen molar-refractivity contribution in [1.29, 1.82) is 0 Å². The van der Waals surface area contributed by atoms with Gasteiger partial charge in [0, 0.05) is 6.92 Å². The van der Waals surface area contributed by atoms with Gasteiger partial charge >= 0.3 is 5.97 Å². The van der Waals surface area contributed by atoms with E-state index in [4.69, 9.17) is 4.74 Å². The van der Waals surface area contributed by atoms with E-state index in [1.54, 1.807) is 0 Å². The van der Waals surface area contributed by atoms with Crippen LogP contribution in [0.3, 0.4) is 0 Å². The van der Waals surface area contributed by atoms with E-state index in [0.717, 1.165) is 12.8 Å². The zero-order chi connectivity index (χ0) is 12.1. The summed E-state index contributed by atoms with van der Waals surface area (Å²) in [6.45, 7) is 7.86. The van der Waals surface area contributed by atoms with Gasteiger partial charge in [-0.05, 0) is 35.6 Å². The minimum atomic E-state index is -0.261. The molecule has 0 aliphatic rings. The Balaban J connectivity index is 3.03. The molecule has 0 bridgehead atoms. The van der Waals surface area contributed by atoms with Crippen LogP contribution in [0.4, 0.5) is 0 Å². The normalized spacial score (nSPS) is 10.6. The minimum absolute atomic E-state index is 0.261. The van der Waals surface area contributed by atoms with Crippen LogP contribution in [0.25, 0.3) is 0 Å². The molecule has 0 aliphatic heterocycles. The lowest BCUT2D eigenvalue weighted by Crippen LogP contribution is -2.03. The van der Waals surface area contributed by atoms with Crippen LogP contribution >= 0.6 is 0 Å². The van der Waals surface area contributed by atoms with Gasteiger partial charge < -0.3 is 4.74 Å². The molecule has 0 atom stereocenters. The average molecular weight is 220 g/mol. The first-order valence-electron chi connectivity index (χ1n) is 5.85. The van der Waals surface area contributed by atoms with E-state index < -0.39 is 0 Å². The number of hydrogen-bond donors (Lipinski definition) is 0. The van der Waals surface area contributed by atoms with Crippen molar-refractivity contribution in [3.05, 3.63) is 29.3 Å². The van der Waals surface area contributed by atoms with E-state index in [1.165, 1.54) is 18.1 Å². The van der Waals surface area contributed by atoms with Crippen LogP contribution in [0.2, 0.25) is 0 Å². The highest BCUT2D eigenvalue weighted by atomic mass is 16.5. The predicted molar refractivity (Wildman–Crippen MR) is 65.8 cm³/mol. The van der Waals surface area contributed by atoms with Gasteiger partial charge in [-0.1, -0.05) is 33.3 Å². The molecule has 0 heterocycles. The van der Waals surface area contributed by atoms with E-state index in [-0.39, 0.29) is 5.97 Å². The monoisotopic (exact) mass is 220 g/mol. The quantitative estimate of drug-likeness (QED) is 0.571. The minimum Gasteiger partial charge on any atom is -0.427 e. The van der Waals surface area contributed by atoms with Crippen molar-refractivity contribution in [3.8, 4) is 5.75 Å². The third-order valence-electron chi connectivity index (χ3n) is 2.46. The van der Waals surface area contributed by atoms with Gasteiger partial charge in [0.25, 0.3) is 0 Å². The molecule has 0 radical (unpaired) electrons. The molecule has 0 aliphatic carbocycles. The Bertz CT molecular complexity index is 367. The van der Waals surface area contributed by atoms with Gasteiger partial charge in [-0.15, -0.1) is 0 Å². The molecule has 0 fully saturated rings. The average Bonchev–Trinajstić information content (AvgIpc) is 2.16. The van der Waals surface area contributed by atoms with Crippen molar-refractivity contribution in [1.82, 2.24) is 0 Å². The summed E-state index contributed by atoms with van der Waals surface area (Å²) in [5.41, 5.74) is 2.46. The van der Waals surface area contributed by atoms with Crippen LogP contribution in [0.1, 0.15) is 51.2 Å². The molecule has 88 valence electrons. The summed E-state index contributed by atoms with van der Waals surface area (Å²) in [7, 11) is 0. The molecule has 2 nitrogen and oxygen atoms in total. The summed E-state index contributed by atoms with van der Waals surface area (Å²) in [4.78, 5) is 10.9. The van der Waals surface area contributed by atoms with Gasteiger partial charge in [-0.25, -0.2) is 0 Å². The highest BCUT2D eigenvalue weighted by Gasteiger charge is 2.06. The van der Waals surface area contributed by atoms with Crippen LogP contribution in [0, 0.1) is 0 Å². The molecule has 0 N–H and O–H groups in total. The van der Waals surface area contributed by atoms with Crippen molar-refractivity contribution in [2.24, 2.45) is 0 Å². The van der Waals surface area contributed by atoms with Crippen LogP contribution in [-0.2, 0) is 11.2 Å². The van der Waals surface area contributed by atoms with Crippen molar-refractivity contribution in [2.45, 2.75) is 46.5 Å². The summed E-state index contributed by atoms with van der Waals surface area (Å²) in [6.07, 6.45) is 2.12. The Morgan fingerprint density at radius 2 is 2.00 bits per heavy atom. The highest BCUT2D eigenvalue weighted by Crippen LogP contribution is 2.24. The fourth-order valence-corrected chi connectivity index (χ4v) is 1.68. The van der Waals surface area contributed by atoms with Crippen LogP contribution in [0.15, 0.2) is 18.2 Å². The number of hydrogen-bond acceptors (Lipinski definition) is 2. The van der Waals surface area contributed by atoms with Gasteiger partial charge in [-0.2, -0.15) is 0 Å². The third-order valence-corrected chi connectivity index (χ3v) is 2.46.